The van der Waals surface area contributed by atoms with Gasteiger partial charge in [0.25, 0.3) is 0 Å². The van der Waals surface area contributed by atoms with Gasteiger partial charge >= 0.3 is 0 Å². The van der Waals surface area contributed by atoms with Crippen LogP contribution in [-0.4, -0.2) is 9.97 Å². The minimum atomic E-state index is -0.137. The lowest BCUT2D eigenvalue weighted by molar-refractivity contribution is 0.573. The summed E-state index contributed by atoms with van der Waals surface area (Å²) in [6.45, 7) is 0. The van der Waals surface area contributed by atoms with Crippen molar-refractivity contribution >= 4 is 22.0 Å². The molecule has 5 rings (SSSR count). The van der Waals surface area contributed by atoms with E-state index in [2.05, 4.69) is 9.97 Å². The number of benzene rings is 2. The van der Waals surface area contributed by atoms with Gasteiger partial charge in [0.05, 0.1) is 6.26 Å². The summed E-state index contributed by atoms with van der Waals surface area (Å²) in [4.78, 5) is 21.9. The molecule has 0 radical (unpaired) electrons. The third-order valence-electron chi connectivity index (χ3n) is 4.04. The molecular weight excluding hydrogens is 304 g/mol. The van der Waals surface area contributed by atoms with Crippen molar-refractivity contribution < 1.29 is 8.83 Å². The molecule has 3 aromatic rings. The van der Waals surface area contributed by atoms with E-state index in [1.165, 1.54) is 6.26 Å². The molecule has 24 heavy (non-hydrogen) atoms. The van der Waals surface area contributed by atoms with Gasteiger partial charge in [-0.05, 0) is 24.3 Å². The van der Waals surface area contributed by atoms with Crippen molar-refractivity contribution in [2.24, 2.45) is 0 Å². The van der Waals surface area contributed by atoms with Gasteiger partial charge in [-0.2, -0.15) is 0 Å². The van der Waals surface area contributed by atoms with Crippen molar-refractivity contribution in [3.05, 3.63) is 71.2 Å². The van der Waals surface area contributed by atoms with E-state index in [1.54, 1.807) is 36.5 Å². The highest BCUT2D eigenvalue weighted by Crippen LogP contribution is 2.36. The second-order valence-corrected chi connectivity index (χ2v) is 5.44. The lowest BCUT2D eigenvalue weighted by atomic mass is 9.98. The minimum Gasteiger partial charge on any atom is -0.464 e. The van der Waals surface area contributed by atoms with Gasteiger partial charge in [0.2, 0.25) is 5.43 Å². The smallest absolute Gasteiger partial charge is 0.201 e. The molecule has 0 spiro atoms. The van der Waals surface area contributed by atoms with Crippen LogP contribution >= 0.6 is 0 Å². The molecule has 0 amide bonds. The zero-order valence-corrected chi connectivity index (χ0v) is 12.4. The first kappa shape index (κ1) is 13.0. The topological polar surface area (TPSA) is 69.1 Å². The van der Waals surface area contributed by atoms with Gasteiger partial charge in [-0.1, -0.05) is 24.3 Å². The predicted octanol–water partition coefficient (Wildman–Crippen LogP) is 4.10. The average molecular weight is 314 g/mol. The Labute approximate surface area is 135 Å². The maximum Gasteiger partial charge on any atom is 0.201 e. The number of furan rings is 1. The Hall–Kier alpha value is -3.47. The minimum absolute atomic E-state index is 0.137. The van der Waals surface area contributed by atoms with E-state index in [4.69, 9.17) is 8.83 Å². The van der Waals surface area contributed by atoms with Gasteiger partial charge in [0, 0.05) is 17.0 Å². The molecule has 0 unspecified atom stereocenters. The van der Waals surface area contributed by atoms with E-state index in [-0.39, 0.29) is 5.43 Å². The summed E-state index contributed by atoms with van der Waals surface area (Å²) >= 11 is 0. The first-order chi connectivity index (χ1) is 11.8. The number of aromatic nitrogens is 2. The molecule has 1 aromatic carbocycles. The maximum atomic E-state index is 13.0. The second kappa shape index (κ2) is 4.76. The van der Waals surface area contributed by atoms with Gasteiger partial charge in [-0.15, -0.1) is 0 Å². The fourth-order valence-electron chi connectivity index (χ4n) is 2.98. The Morgan fingerprint density at radius 1 is 0.917 bits per heavy atom. The van der Waals surface area contributed by atoms with Crippen molar-refractivity contribution in [3.8, 4) is 22.8 Å². The summed E-state index contributed by atoms with van der Waals surface area (Å²) in [6.07, 6.45) is 3.19. The lowest BCUT2D eigenvalue weighted by Crippen LogP contribution is -2.09. The summed E-state index contributed by atoms with van der Waals surface area (Å²) < 4.78 is 11.5. The van der Waals surface area contributed by atoms with Gasteiger partial charge < -0.3 is 8.83 Å². The summed E-state index contributed by atoms with van der Waals surface area (Å²) in [6, 6.07) is 14.4. The van der Waals surface area contributed by atoms with Crippen LogP contribution in [0.5, 0.6) is 0 Å². The zero-order valence-electron chi connectivity index (χ0n) is 12.4. The zero-order chi connectivity index (χ0) is 16.1. The lowest BCUT2D eigenvalue weighted by Gasteiger charge is -2.12. The van der Waals surface area contributed by atoms with Crippen LogP contribution in [-0.2, 0) is 0 Å². The van der Waals surface area contributed by atoms with Crippen LogP contribution < -0.4 is 5.43 Å². The summed E-state index contributed by atoms with van der Waals surface area (Å²) in [5, 5.41) is 1.32. The normalized spacial score (nSPS) is 11.5. The van der Waals surface area contributed by atoms with Gasteiger partial charge in [-0.25, -0.2) is 9.97 Å². The Morgan fingerprint density at radius 2 is 1.79 bits per heavy atom. The number of nitrogens with zero attached hydrogens (tertiary/aromatic N) is 2. The van der Waals surface area contributed by atoms with Crippen LogP contribution in [0, 0.1) is 0 Å². The Morgan fingerprint density at radius 3 is 2.62 bits per heavy atom. The highest BCUT2D eigenvalue weighted by Gasteiger charge is 2.24. The maximum absolute atomic E-state index is 13.0. The molecule has 0 atom stereocenters. The number of fused-ring (bicyclic) bond motifs is 4. The number of hydrogen-bond donors (Lipinski definition) is 0. The van der Waals surface area contributed by atoms with Crippen LogP contribution in [0.15, 0.2) is 74.6 Å². The second-order valence-electron chi connectivity index (χ2n) is 5.44. The SMILES string of the molecule is O=c1c(-c2ccco2)c2oc3cccnc3nc-2c2ccccc12. The van der Waals surface area contributed by atoms with Crippen LogP contribution in [0.25, 0.3) is 44.8 Å². The van der Waals surface area contributed by atoms with Gasteiger partial charge in [0.1, 0.15) is 17.0 Å². The third-order valence-corrected chi connectivity index (χ3v) is 4.04. The molecular formula is C19H10N2O3. The summed E-state index contributed by atoms with van der Waals surface area (Å²) in [5.74, 6) is 0.874. The van der Waals surface area contributed by atoms with Crippen LogP contribution in [0.2, 0.25) is 0 Å². The van der Waals surface area contributed by atoms with Crippen molar-refractivity contribution in [1.82, 2.24) is 9.97 Å². The number of pyridine rings is 1. The molecule has 0 saturated heterocycles. The molecule has 0 fully saturated rings. The highest BCUT2D eigenvalue weighted by atomic mass is 16.3. The quantitative estimate of drug-likeness (QED) is 0.344. The molecule has 2 aliphatic rings. The Bertz CT molecular complexity index is 1220. The molecule has 5 heteroatoms. The van der Waals surface area contributed by atoms with E-state index < -0.39 is 0 Å². The first-order valence-electron chi connectivity index (χ1n) is 7.47. The summed E-state index contributed by atoms with van der Waals surface area (Å²) in [5.41, 5.74) is 1.86. The molecule has 0 saturated carbocycles. The third kappa shape index (κ3) is 1.72. The molecule has 114 valence electrons. The van der Waals surface area contributed by atoms with Gasteiger partial charge in [0.15, 0.2) is 17.0 Å². The molecule has 0 N–H and O–H groups in total. The number of rotatable bonds is 1. The molecule has 2 aromatic heterocycles. The molecule has 1 aliphatic heterocycles. The largest absolute Gasteiger partial charge is 0.464 e. The van der Waals surface area contributed by atoms with E-state index >= 15 is 0 Å². The van der Waals surface area contributed by atoms with Crippen LogP contribution in [0.1, 0.15) is 0 Å². The average Bonchev–Trinajstić information content (AvgIpc) is 3.15. The number of hydrogen-bond acceptors (Lipinski definition) is 5. The fourth-order valence-corrected chi connectivity index (χ4v) is 2.98. The van der Waals surface area contributed by atoms with E-state index in [1.807, 2.05) is 18.2 Å². The molecule has 3 heterocycles. The van der Waals surface area contributed by atoms with Gasteiger partial charge in [-0.3, -0.25) is 4.79 Å². The Balaban J connectivity index is 2.08. The molecule has 5 nitrogen and oxygen atoms in total. The van der Waals surface area contributed by atoms with Crippen molar-refractivity contribution in [1.29, 1.82) is 0 Å². The monoisotopic (exact) mass is 314 g/mol. The summed E-state index contributed by atoms with van der Waals surface area (Å²) in [7, 11) is 0. The Kier molecular flexibility index (Phi) is 2.58. The van der Waals surface area contributed by atoms with E-state index in [0.29, 0.717) is 39.4 Å². The fraction of sp³-hybridized carbons (Fsp3) is 0. The van der Waals surface area contributed by atoms with Crippen molar-refractivity contribution in [2.75, 3.05) is 0 Å². The first-order valence-corrected chi connectivity index (χ1v) is 7.47. The van der Waals surface area contributed by atoms with Crippen LogP contribution in [0.3, 0.4) is 0 Å². The van der Waals surface area contributed by atoms with E-state index in [0.717, 1.165) is 5.39 Å². The standard InChI is InChI=1S/C19H10N2O3/c22-17-12-6-2-1-5-11(12)16-18(15(17)13-8-4-10-23-13)24-14-7-3-9-20-19(14)21-16/h1-10H. The van der Waals surface area contributed by atoms with Crippen LogP contribution in [0.4, 0.5) is 0 Å². The molecule has 0 bridgehead atoms. The van der Waals surface area contributed by atoms with Crippen molar-refractivity contribution in [3.63, 3.8) is 0 Å². The highest BCUT2D eigenvalue weighted by molar-refractivity contribution is 6.01. The van der Waals surface area contributed by atoms with Crippen molar-refractivity contribution in [2.45, 2.75) is 0 Å². The molecule has 1 aliphatic carbocycles. The van der Waals surface area contributed by atoms with E-state index in [9.17, 15) is 4.79 Å². The predicted molar refractivity (Wildman–Crippen MR) is 89.9 cm³/mol.